The van der Waals surface area contributed by atoms with Gasteiger partial charge in [0.25, 0.3) is 11.5 Å². The molecule has 0 atom stereocenters. The minimum Gasteiger partial charge on any atom is -0.459 e. The number of anilines is 2. The molecule has 4 aromatic rings. The van der Waals surface area contributed by atoms with Gasteiger partial charge in [-0.3, -0.25) is 19.0 Å². The molecule has 0 saturated heterocycles. The quantitative estimate of drug-likeness (QED) is 0.425. The zero-order valence-electron chi connectivity index (χ0n) is 17.0. The number of nitrogens with zero attached hydrogens (tertiary/aromatic N) is 2. The van der Waals surface area contributed by atoms with Crippen LogP contribution < -0.4 is 16.2 Å². The molecule has 34 heavy (non-hydrogen) atoms. The van der Waals surface area contributed by atoms with Gasteiger partial charge < -0.3 is 15.1 Å². The molecule has 8 nitrogen and oxygen atoms in total. The molecule has 4 rings (SSSR count). The van der Waals surface area contributed by atoms with Crippen molar-refractivity contribution in [2.45, 2.75) is 12.7 Å². The molecule has 0 aliphatic heterocycles. The number of benzene rings is 2. The predicted molar refractivity (Wildman–Crippen MR) is 113 cm³/mol. The number of hydrogen-bond donors (Lipinski definition) is 2. The van der Waals surface area contributed by atoms with Crippen molar-refractivity contribution < 1.29 is 31.6 Å². The first-order chi connectivity index (χ1) is 16.1. The van der Waals surface area contributed by atoms with Crippen molar-refractivity contribution in [1.82, 2.24) is 9.55 Å². The third-order valence-electron chi connectivity index (χ3n) is 4.70. The van der Waals surface area contributed by atoms with Gasteiger partial charge in [-0.1, -0.05) is 0 Å². The van der Waals surface area contributed by atoms with Gasteiger partial charge in [-0.2, -0.15) is 13.2 Å². The Labute approximate surface area is 187 Å². The normalized spacial score (nSPS) is 11.4. The maximum absolute atomic E-state index is 13.6. The molecule has 0 unspecified atom stereocenters. The highest BCUT2D eigenvalue weighted by Crippen LogP contribution is 2.36. The second-order valence-corrected chi connectivity index (χ2v) is 7.08. The second kappa shape index (κ2) is 8.81. The molecule has 2 amide bonds. The number of rotatable bonds is 5. The molecule has 2 aromatic heterocycles. The van der Waals surface area contributed by atoms with Gasteiger partial charge in [0, 0.05) is 5.69 Å². The average molecular weight is 474 g/mol. The molecule has 0 saturated carbocycles. The van der Waals surface area contributed by atoms with Crippen molar-refractivity contribution in [2.24, 2.45) is 0 Å². The van der Waals surface area contributed by atoms with Crippen LogP contribution in [0.15, 0.2) is 70.3 Å². The molecule has 0 aliphatic carbocycles. The third-order valence-corrected chi connectivity index (χ3v) is 4.70. The van der Waals surface area contributed by atoms with Crippen molar-refractivity contribution in [1.29, 1.82) is 0 Å². The molecule has 2 aromatic carbocycles. The maximum Gasteiger partial charge on any atom is 0.418 e. The Hall–Kier alpha value is -4.48. The number of alkyl halides is 3. The van der Waals surface area contributed by atoms with Crippen molar-refractivity contribution in [2.75, 3.05) is 10.6 Å². The summed E-state index contributed by atoms with van der Waals surface area (Å²) in [4.78, 5) is 40.9. The summed E-state index contributed by atoms with van der Waals surface area (Å²) in [6.45, 7) is -0.660. The predicted octanol–water partition coefficient (Wildman–Crippen LogP) is 4.04. The fourth-order valence-electron chi connectivity index (χ4n) is 3.15. The molecular weight excluding hydrogens is 460 g/mol. The molecule has 0 fully saturated rings. The minimum absolute atomic E-state index is 0.0806. The summed E-state index contributed by atoms with van der Waals surface area (Å²) in [5.41, 5.74) is -2.50. The van der Waals surface area contributed by atoms with Gasteiger partial charge >= 0.3 is 6.18 Å². The Bertz CT molecular complexity index is 1450. The standard InChI is InChI=1S/C22H14F4N4O4/c23-12-3-5-16-14(8-12)21(33)30(11-27-16)10-19(31)29-17-6-4-13(9-15(17)22(24,25)26)28-20(32)18-2-1-7-34-18/h1-9,11H,10H2,(H,28,32)(H,29,31). The number of carbonyl (C=O) groups excluding carboxylic acids is 2. The molecule has 0 aliphatic rings. The second-order valence-electron chi connectivity index (χ2n) is 7.08. The fraction of sp³-hybridized carbons (Fsp3) is 0.0909. The van der Waals surface area contributed by atoms with Crippen molar-refractivity contribution in [3.63, 3.8) is 0 Å². The average Bonchev–Trinajstić information content (AvgIpc) is 3.31. The van der Waals surface area contributed by atoms with Gasteiger partial charge in [0.1, 0.15) is 12.4 Å². The largest absolute Gasteiger partial charge is 0.459 e. The van der Waals surface area contributed by atoms with Gasteiger partial charge in [0.2, 0.25) is 5.91 Å². The van der Waals surface area contributed by atoms with Crippen LogP contribution in [0.2, 0.25) is 0 Å². The van der Waals surface area contributed by atoms with E-state index in [9.17, 15) is 31.9 Å². The number of hydrogen-bond acceptors (Lipinski definition) is 5. The zero-order valence-corrected chi connectivity index (χ0v) is 17.0. The lowest BCUT2D eigenvalue weighted by atomic mass is 10.1. The molecule has 0 spiro atoms. The number of aromatic nitrogens is 2. The SMILES string of the molecule is O=C(Cn1cnc2ccc(F)cc2c1=O)Nc1ccc(NC(=O)c2ccco2)cc1C(F)(F)F. The molecule has 12 heteroatoms. The fourth-order valence-corrected chi connectivity index (χ4v) is 3.15. The van der Waals surface area contributed by atoms with Crippen LogP contribution in [-0.4, -0.2) is 21.4 Å². The zero-order chi connectivity index (χ0) is 24.5. The lowest BCUT2D eigenvalue weighted by Gasteiger charge is -2.16. The number of fused-ring (bicyclic) bond motifs is 1. The lowest BCUT2D eigenvalue weighted by molar-refractivity contribution is -0.136. The Morgan fingerprint density at radius 1 is 1.06 bits per heavy atom. The van der Waals surface area contributed by atoms with E-state index in [1.54, 1.807) is 0 Å². The van der Waals surface area contributed by atoms with E-state index in [0.717, 1.165) is 35.2 Å². The highest BCUT2D eigenvalue weighted by atomic mass is 19.4. The van der Waals surface area contributed by atoms with Crippen LogP contribution in [0, 0.1) is 5.82 Å². The van der Waals surface area contributed by atoms with Crippen LogP contribution >= 0.6 is 0 Å². The summed E-state index contributed by atoms with van der Waals surface area (Å²) in [6, 6.07) is 8.94. The maximum atomic E-state index is 13.6. The monoisotopic (exact) mass is 474 g/mol. The Morgan fingerprint density at radius 3 is 2.56 bits per heavy atom. The number of amides is 2. The molecule has 0 radical (unpaired) electrons. The van der Waals surface area contributed by atoms with Crippen LogP contribution in [0.4, 0.5) is 28.9 Å². The van der Waals surface area contributed by atoms with E-state index in [4.69, 9.17) is 4.42 Å². The topological polar surface area (TPSA) is 106 Å². The van der Waals surface area contributed by atoms with Gasteiger partial charge in [0.15, 0.2) is 5.76 Å². The number of halogens is 4. The molecule has 2 N–H and O–H groups in total. The molecule has 174 valence electrons. The minimum atomic E-state index is -4.87. The van der Waals surface area contributed by atoms with Crippen LogP contribution in [0.1, 0.15) is 16.1 Å². The number of carbonyl (C=O) groups is 2. The van der Waals surface area contributed by atoms with Crippen molar-refractivity contribution in [3.05, 3.63) is 88.6 Å². The lowest BCUT2D eigenvalue weighted by Crippen LogP contribution is -2.28. The van der Waals surface area contributed by atoms with E-state index >= 15 is 0 Å². The highest BCUT2D eigenvalue weighted by molar-refractivity contribution is 6.02. The summed E-state index contributed by atoms with van der Waals surface area (Å²) in [7, 11) is 0. The van der Waals surface area contributed by atoms with E-state index in [0.29, 0.717) is 6.07 Å². The summed E-state index contributed by atoms with van der Waals surface area (Å²) in [6.07, 6.45) is -2.59. The third kappa shape index (κ3) is 4.80. The summed E-state index contributed by atoms with van der Waals surface area (Å²) < 4.78 is 60.0. The van der Waals surface area contributed by atoms with E-state index in [1.807, 2.05) is 0 Å². The Morgan fingerprint density at radius 2 is 1.85 bits per heavy atom. The Balaban J connectivity index is 1.56. The van der Waals surface area contributed by atoms with Crippen LogP contribution in [0.5, 0.6) is 0 Å². The smallest absolute Gasteiger partial charge is 0.418 e. The van der Waals surface area contributed by atoms with Crippen LogP contribution in [0.3, 0.4) is 0 Å². The van der Waals surface area contributed by atoms with Gasteiger partial charge in [-0.05, 0) is 48.5 Å². The van der Waals surface area contributed by atoms with Crippen molar-refractivity contribution in [3.8, 4) is 0 Å². The van der Waals surface area contributed by atoms with Gasteiger partial charge in [-0.25, -0.2) is 9.37 Å². The van der Waals surface area contributed by atoms with Gasteiger partial charge in [-0.15, -0.1) is 0 Å². The van der Waals surface area contributed by atoms with E-state index in [-0.39, 0.29) is 22.4 Å². The van der Waals surface area contributed by atoms with E-state index < -0.39 is 47.2 Å². The van der Waals surface area contributed by atoms with Crippen LogP contribution in [0.25, 0.3) is 10.9 Å². The summed E-state index contributed by atoms with van der Waals surface area (Å²) >= 11 is 0. The van der Waals surface area contributed by atoms with Gasteiger partial charge in [0.05, 0.1) is 34.7 Å². The number of nitrogens with one attached hydrogen (secondary N) is 2. The number of furan rings is 1. The Kier molecular flexibility index (Phi) is 5.88. The molecule has 2 heterocycles. The first-order valence-corrected chi connectivity index (χ1v) is 9.62. The summed E-state index contributed by atoms with van der Waals surface area (Å²) in [5.74, 6) is -2.48. The first kappa shape index (κ1) is 22.7. The van der Waals surface area contributed by atoms with Crippen molar-refractivity contribution >= 4 is 34.1 Å². The van der Waals surface area contributed by atoms with Crippen LogP contribution in [-0.2, 0) is 17.5 Å². The molecular formula is C22H14F4N4O4. The highest BCUT2D eigenvalue weighted by Gasteiger charge is 2.34. The van der Waals surface area contributed by atoms with E-state index in [1.165, 1.54) is 24.5 Å². The molecule has 0 bridgehead atoms. The summed E-state index contributed by atoms with van der Waals surface area (Å²) in [5, 5.41) is 4.30. The first-order valence-electron chi connectivity index (χ1n) is 9.62. The van der Waals surface area contributed by atoms with E-state index in [2.05, 4.69) is 15.6 Å².